The Hall–Kier alpha value is -2.43. The highest BCUT2D eigenvalue weighted by molar-refractivity contribution is 7.91. The van der Waals surface area contributed by atoms with Gasteiger partial charge in [0.05, 0.1) is 7.11 Å². The van der Waals surface area contributed by atoms with E-state index in [1.165, 1.54) is 15.6 Å². The molecule has 2 heterocycles. The molecule has 0 aliphatic carbocycles. The third kappa shape index (κ3) is 5.38. The standard InChI is InChI=1S/C20H25N3O5S2/c1-28-17-8-6-15(7-9-17)10-11-21-19(24)20(25)22-14-16-4-2-12-23(16)30(26,27)18-5-3-13-29-18/h3,5-9,13,16H,2,4,10-12,14H2,1H3,(H,21,24)(H,22,25)/t16-/m0/s1. The summed E-state index contributed by atoms with van der Waals surface area (Å²) in [4.78, 5) is 24.1. The molecule has 162 valence electrons. The summed E-state index contributed by atoms with van der Waals surface area (Å²) in [6.45, 7) is 0.838. The van der Waals surface area contributed by atoms with Crippen LogP contribution in [0.15, 0.2) is 46.0 Å². The summed E-state index contributed by atoms with van der Waals surface area (Å²) in [6, 6.07) is 10.4. The number of methoxy groups -OCH3 is 1. The van der Waals surface area contributed by atoms with Crippen LogP contribution in [0.4, 0.5) is 0 Å². The van der Waals surface area contributed by atoms with Crippen molar-refractivity contribution >= 4 is 33.2 Å². The Bertz CT molecular complexity index is 959. The topological polar surface area (TPSA) is 105 Å². The van der Waals surface area contributed by atoms with Crippen molar-refractivity contribution in [3.8, 4) is 5.75 Å². The summed E-state index contributed by atoms with van der Waals surface area (Å²) >= 11 is 1.17. The van der Waals surface area contributed by atoms with Gasteiger partial charge >= 0.3 is 11.8 Å². The van der Waals surface area contributed by atoms with Crippen LogP contribution in [-0.4, -0.2) is 57.3 Å². The summed E-state index contributed by atoms with van der Waals surface area (Å²) in [5.41, 5.74) is 1.01. The first kappa shape index (κ1) is 22.3. The largest absolute Gasteiger partial charge is 0.497 e. The Balaban J connectivity index is 1.45. The Labute approximate surface area is 180 Å². The van der Waals surface area contributed by atoms with E-state index in [9.17, 15) is 18.0 Å². The Morgan fingerprint density at radius 2 is 1.90 bits per heavy atom. The van der Waals surface area contributed by atoms with Gasteiger partial charge in [-0.2, -0.15) is 4.31 Å². The zero-order chi connectivity index (χ0) is 21.6. The lowest BCUT2D eigenvalue weighted by Crippen LogP contribution is -2.47. The lowest BCUT2D eigenvalue weighted by Gasteiger charge is -2.23. The van der Waals surface area contributed by atoms with E-state index in [0.717, 1.165) is 17.7 Å². The van der Waals surface area contributed by atoms with Gasteiger partial charge in [-0.15, -0.1) is 11.3 Å². The molecule has 2 N–H and O–H groups in total. The number of thiophene rings is 1. The van der Waals surface area contributed by atoms with E-state index in [4.69, 9.17) is 4.74 Å². The molecule has 1 aliphatic heterocycles. The highest BCUT2D eigenvalue weighted by Gasteiger charge is 2.36. The summed E-state index contributed by atoms with van der Waals surface area (Å²) in [5.74, 6) is -0.733. The molecular weight excluding hydrogens is 426 g/mol. The molecule has 10 heteroatoms. The van der Waals surface area contributed by atoms with Crippen molar-refractivity contribution in [1.82, 2.24) is 14.9 Å². The van der Waals surface area contributed by atoms with E-state index in [1.54, 1.807) is 24.6 Å². The van der Waals surface area contributed by atoms with Crippen molar-refractivity contribution in [2.24, 2.45) is 0 Å². The number of hydrogen-bond acceptors (Lipinski definition) is 6. The predicted molar refractivity (Wildman–Crippen MR) is 114 cm³/mol. The molecule has 1 fully saturated rings. The maximum Gasteiger partial charge on any atom is 0.309 e. The van der Waals surface area contributed by atoms with Gasteiger partial charge in [-0.3, -0.25) is 9.59 Å². The molecule has 0 radical (unpaired) electrons. The molecule has 30 heavy (non-hydrogen) atoms. The van der Waals surface area contributed by atoms with E-state index < -0.39 is 21.8 Å². The molecule has 1 atom stereocenters. The van der Waals surface area contributed by atoms with E-state index >= 15 is 0 Å². The monoisotopic (exact) mass is 451 g/mol. The molecular formula is C20H25N3O5S2. The van der Waals surface area contributed by atoms with Crippen LogP contribution in [0.1, 0.15) is 18.4 Å². The second kappa shape index (κ2) is 10.1. The Kier molecular flexibility index (Phi) is 7.46. The second-order valence-corrected chi connectivity index (χ2v) is 9.97. The van der Waals surface area contributed by atoms with Gasteiger partial charge in [-0.1, -0.05) is 18.2 Å². The Morgan fingerprint density at radius 3 is 2.57 bits per heavy atom. The second-order valence-electron chi connectivity index (χ2n) is 6.91. The number of sulfonamides is 1. The fraction of sp³-hybridized carbons (Fsp3) is 0.400. The zero-order valence-electron chi connectivity index (χ0n) is 16.7. The molecule has 0 unspecified atom stereocenters. The summed E-state index contributed by atoms with van der Waals surface area (Å²) in [5, 5.41) is 6.87. The number of rotatable bonds is 8. The number of benzene rings is 1. The van der Waals surface area contributed by atoms with E-state index in [2.05, 4.69) is 10.6 Å². The maximum absolute atomic E-state index is 12.7. The van der Waals surface area contributed by atoms with Crippen molar-refractivity contribution in [2.45, 2.75) is 29.5 Å². The van der Waals surface area contributed by atoms with Gasteiger partial charge in [0.25, 0.3) is 10.0 Å². The third-order valence-electron chi connectivity index (χ3n) is 4.94. The number of carbonyl (C=O) groups is 2. The van der Waals surface area contributed by atoms with Gasteiger partial charge in [0.1, 0.15) is 9.96 Å². The van der Waals surface area contributed by atoms with E-state index in [1.807, 2.05) is 24.3 Å². The fourth-order valence-corrected chi connectivity index (χ4v) is 6.15. The minimum absolute atomic E-state index is 0.106. The number of nitrogens with zero attached hydrogens (tertiary/aromatic N) is 1. The molecule has 2 amide bonds. The summed E-state index contributed by atoms with van der Waals surface area (Å²) in [6.07, 6.45) is 1.95. The average Bonchev–Trinajstić information content (AvgIpc) is 3.45. The highest BCUT2D eigenvalue weighted by atomic mass is 32.2. The fourth-order valence-electron chi connectivity index (χ4n) is 3.34. The molecule has 0 spiro atoms. The molecule has 1 saturated heterocycles. The number of carbonyl (C=O) groups excluding carboxylic acids is 2. The van der Waals surface area contributed by atoms with Crippen LogP contribution in [0.2, 0.25) is 0 Å². The predicted octanol–water partition coefficient (Wildman–Crippen LogP) is 1.38. The minimum Gasteiger partial charge on any atom is -0.497 e. The summed E-state index contributed by atoms with van der Waals surface area (Å²) < 4.78 is 32.3. The zero-order valence-corrected chi connectivity index (χ0v) is 18.3. The number of hydrogen-bond donors (Lipinski definition) is 2. The quantitative estimate of drug-likeness (QED) is 0.590. The highest BCUT2D eigenvalue weighted by Crippen LogP contribution is 2.28. The molecule has 8 nitrogen and oxygen atoms in total. The lowest BCUT2D eigenvalue weighted by atomic mass is 10.1. The number of ether oxygens (including phenoxy) is 1. The average molecular weight is 452 g/mol. The first-order chi connectivity index (χ1) is 14.4. The van der Waals surface area contributed by atoms with Crippen molar-refractivity contribution in [1.29, 1.82) is 0 Å². The summed E-state index contributed by atoms with van der Waals surface area (Å²) in [7, 11) is -1.98. The van der Waals surface area contributed by atoms with Crippen LogP contribution < -0.4 is 15.4 Å². The molecule has 1 aromatic carbocycles. The van der Waals surface area contributed by atoms with Crippen molar-refractivity contribution in [3.05, 3.63) is 47.3 Å². The van der Waals surface area contributed by atoms with Gasteiger partial charge in [-0.25, -0.2) is 8.42 Å². The Morgan fingerprint density at radius 1 is 1.17 bits per heavy atom. The molecule has 0 bridgehead atoms. The number of amides is 2. The van der Waals surface area contributed by atoms with Crippen LogP contribution >= 0.6 is 11.3 Å². The molecule has 2 aromatic rings. The molecule has 0 saturated carbocycles. The van der Waals surface area contributed by atoms with Crippen molar-refractivity contribution < 1.29 is 22.7 Å². The van der Waals surface area contributed by atoms with E-state index in [0.29, 0.717) is 25.9 Å². The van der Waals surface area contributed by atoms with Crippen molar-refractivity contribution in [3.63, 3.8) is 0 Å². The van der Waals surface area contributed by atoms with Crippen LogP contribution in [0, 0.1) is 0 Å². The minimum atomic E-state index is -3.57. The normalized spacial score (nSPS) is 16.9. The van der Waals surface area contributed by atoms with Gasteiger partial charge in [-0.05, 0) is 48.4 Å². The van der Waals surface area contributed by atoms with Gasteiger partial charge in [0.15, 0.2) is 0 Å². The SMILES string of the molecule is COc1ccc(CCNC(=O)C(=O)NC[C@@H]2CCCN2S(=O)(=O)c2cccs2)cc1. The van der Waals surface area contributed by atoms with Gasteiger partial charge < -0.3 is 15.4 Å². The van der Waals surface area contributed by atoms with Gasteiger partial charge in [0, 0.05) is 25.7 Å². The first-order valence-electron chi connectivity index (χ1n) is 9.66. The smallest absolute Gasteiger partial charge is 0.309 e. The van der Waals surface area contributed by atoms with E-state index in [-0.39, 0.29) is 16.8 Å². The third-order valence-corrected chi connectivity index (χ3v) is 8.27. The lowest BCUT2D eigenvalue weighted by molar-refractivity contribution is -0.139. The van der Waals surface area contributed by atoms with Gasteiger partial charge in [0.2, 0.25) is 0 Å². The number of nitrogens with one attached hydrogen (secondary N) is 2. The van der Waals surface area contributed by atoms with Crippen LogP contribution in [0.5, 0.6) is 5.75 Å². The maximum atomic E-state index is 12.7. The van der Waals surface area contributed by atoms with Crippen LogP contribution in [0.3, 0.4) is 0 Å². The van der Waals surface area contributed by atoms with Crippen LogP contribution in [0.25, 0.3) is 0 Å². The van der Waals surface area contributed by atoms with Crippen LogP contribution in [-0.2, 0) is 26.0 Å². The molecule has 1 aliphatic rings. The molecule has 3 rings (SSSR count). The van der Waals surface area contributed by atoms with Crippen molar-refractivity contribution in [2.75, 3.05) is 26.7 Å². The molecule has 1 aromatic heterocycles. The first-order valence-corrected chi connectivity index (χ1v) is 12.0.